The zero-order valence-corrected chi connectivity index (χ0v) is 21.4. The average Bonchev–Trinajstić information content (AvgIpc) is 3.50. The summed E-state index contributed by atoms with van der Waals surface area (Å²) in [5, 5.41) is 15.9. The number of nitrogens with zero attached hydrogens (tertiary/aromatic N) is 5. The van der Waals surface area contributed by atoms with Gasteiger partial charge in [-0.2, -0.15) is 10.4 Å². The second-order valence-electron chi connectivity index (χ2n) is 8.61. The van der Waals surface area contributed by atoms with Crippen molar-refractivity contribution >= 4 is 28.8 Å². The highest BCUT2D eigenvalue weighted by Crippen LogP contribution is 2.35. The summed E-state index contributed by atoms with van der Waals surface area (Å²) in [6.45, 7) is 1.49. The van der Waals surface area contributed by atoms with E-state index < -0.39 is 24.2 Å². The molecule has 1 aliphatic heterocycles. The second-order valence-corrected chi connectivity index (χ2v) is 9.91. The fourth-order valence-corrected chi connectivity index (χ4v) is 5.54. The third-order valence-corrected chi connectivity index (χ3v) is 7.59. The van der Waals surface area contributed by atoms with Gasteiger partial charge in [-0.25, -0.2) is 22.8 Å². The number of rotatable bonds is 9. The molecular weight excluding hydrogens is 529 g/mol. The number of amides is 1. The Balaban J connectivity index is 1.44. The molecule has 196 valence electrons. The van der Waals surface area contributed by atoms with Crippen LogP contribution in [0.5, 0.6) is 5.88 Å². The number of ether oxygens (including phenoxy) is 1. The van der Waals surface area contributed by atoms with Crippen molar-refractivity contribution in [3.05, 3.63) is 62.4 Å². The van der Waals surface area contributed by atoms with Crippen LogP contribution in [0.1, 0.15) is 51.8 Å². The van der Waals surface area contributed by atoms with Gasteiger partial charge >= 0.3 is 0 Å². The molecule has 2 aromatic heterocycles. The first kappa shape index (κ1) is 26.9. The summed E-state index contributed by atoms with van der Waals surface area (Å²) in [6, 6.07) is 5.41. The van der Waals surface area contributed by atoms with E-state index in [1.807, 2.05) is 11.0 Å². The zero-order valence-electron chi connectivity index (χ0n) is 19.8. The summed E-state index contributed by atoms with van der Waals surface area (Å²) >= 11 is 7.11. The second kappa shape index (κ2) is 11.9. The molecule has 37 heavy (non-hydrogen) atoms. The highest BCUT2D eigenvalue weighted by Gasteiger charge is 2.32. The van der Waals surface area contributed by atoms with Gasteiger partial charge in [-0.05, 0) is 44.0 Å². The molecule has 1 fully saturated rings. The topological polar surface area (TPSA) is 96.1 Å². The van der Waals surface area contributed by atoms with Crippen molar-refractivity contribution in [2.45, 2.75) is 25.3 Å². The van der Waals surface area contributed by atoms with Crippen LogP contribution in [0.15, 0.2) is 29.9 Å². The van der Waals surface area contributed by atoms with Crippen LogP contribution < -0.4 is 10.1 Å². The van der Waals surface area contributed by atoms with Crippen LogP contribution in [-0.2, 0) is 7.05 Å². The number of nitrogens with one attached hydrogen (secondary N) is 1. The van der Waals surface area contributed by atoms with Gasteiger partial charge < -0.3 is 10.1 Å². The zero-order chi connectivity index (χ0) is 26.5. The first-order valence-corrected chi connectivity index (χ1v) is 12.8. The maximum Gasteiger partial charge on any atom is 0.281 e. The lowest BCUT2D eigenvalue weighted by molar-refractivity contribution is 0.0864. The lowest BCUT2D eigenvalue weighted by Crippen LogP contribution is -2.43. The largest absolute Gasteiger partial charge is 0.477 e. The Morgan fingerprint density at radius 3 is 2.81 bits per heavy atom. The van der Waals surface area contributed by atoms with Gasteiger partial charge in [-0.1, -0.05) is 17.7 Å². The number of halogens is 4. The minimum absolute atomic E-state index is 0.0207. The van der Waals surface area contributed by atoms with Crippen LogP contribution in [0.4, 0.5) is 13.2 Å². The molecule has 0 radical (unpaired) electrons. The summed E-state index contributed by atoms with van der Waals surface area (Å²) < 4.78 is 48.9. The summed E-state index contributed by atoms with van der Waals surface area (Å²) in [7, 11) is 1.70. The van der Waals surface area contributed by atoms with Gasteiger partial charge in [0, 0.05) is 13.6 Å². The predicted molar refractivity (Wildman–Crippen MR) is 131 cm³/mol. The van der Waals surface area contributed by atoms with Crippen molar-refractivity contribution in [2.75, 3.05) is 26.2 Å². The van der Waals surface area contributed by atoms with Gasteiger partial charge in [0.1, 0.15) is 23.1 Å². The van der Waals surface area contributed by atoms with E-state index in [9.17, 15) is 23.2 Å². The molecule has 1 N–H and O–H groups in total. The van der Waals surface area contributed by atoms with E-state index in [-0.39, 0.29) is 28.7 Å². The molecule has 1 aliphatic rings. The van der Waals surface area contributed by atoms with E-state index in [0.717, 1.165) is 17.4 Å². The van der Waals surface area contributed by atoms with E-state index in [4.69, 9.17) is 16.3 Å². The Bertz CT molecular complexity index is 1270. The number of benzene rings is 1. The SMILES string of the molecule is Cn1ncc(C#N)c1OCC1CCN(C(CNC(=O)c2c(F)cccc2Cl)c2scnc2C(F)F)CC1. The third-order valence-electron chi connectivity index (χ3n) is 6.33. The van der Waals surface area contributed by atoms with Crippen LogP contribution in [0.2, 0.25) is 5.02 Å². The van der Waals surface area contributed by atoms with Crippen LogP contribution in [0.25, 0.3) is 0 Å². The number of likely N-dealkylation sites (tertiary alicyclic amines) is 1. The summed E-state index contributed by atoms with van der Waals surface area (Å²) in [6.07, 6.45) is 0.110. The first-order chi connectivity index (χ1) is 17.8. The van der Waals surface area contributed by atoms with Crippen molar-refractivity contribution in [1.82, 2.24) is 25.0 Å². The molecule has 0 aliphatic carbocycles. The molecule has 0 saturated carbocycles. The van der Waals surface area contributed by atoms with Gasteiger partial charge in [0.2, 0.25) is 5.88 Å². The number of piperidine rings is 1. The summed E-state index contributed by atoms with van der Waals surface area (Å²) in [4.78, 5) is 18.9. The fraction of sp³-hybridized carbons (Fsp3) is 0.417. The van der Waals surface area contributed by atoms with Crippen molar-refractivity contribution < 1.29 is 22.7 Å². The number of aryl methyl sites for hydroxylation is 1. The molecule has 3 aromatic rings. The molecule has 0 spiro atoms. The smallest absolute Gasteiger partial charge is 0.281 e. The first-order valence-electron chi connectivity index (χ1n) is 11.5. The maximum atomic E-state index is 14.2. The predicted octanol–water partition coefficient (Wildman–Crippen LogP) is 4.74. The van der Waals surface area contributed by atoms with Gasteiger partial charge in [-0.3, -0.25) is 9.69 Å². The van der Waals surface area contributed by atoms with Crippen molar-refractivity contribution in [3.63, 3.8) is 0 Å². The lowest BCUT2D eigenvalue weighted by Gasteiger charge is -2.37. The minimum Gasteiger partial charge on any atom is -0.477 e. The van der Waals surface area contributed by atoms with Crippen molar-refractivity contribution in [3.8, 4) is 11.9 Å². The number of aromatic nitrogens is 3. The standard InChI is InChI=1S/C24H24ClF3N6O2S/c1-33-24(15(9-29)10-32-33)36-12-14-5-7-34(8-6-14)18(21-20(22(27)28)31-13-37-21)11-30-23(35)19-16(25)3-2-4-17(19)26/h2-4,10,13-14,18,22H,5-8,11-12H2,1H3,(H,30,35). The molecule has 8 nitrogen and oxygen atoms in total. The molecule has 0 bridgehead atoms. The maximum absolute atomic E-state index is 14.2. The highest BCUT2D eigenvalue weighted by molar-refractivity contribution is 7.09. The van der Waals surface area contributed by atoms with Crippen molar-refractivity contribution in [1.29, 1.82) is 5.26 Å². The van der Waals surface area contributed by atoms with Gasteiger partial charge in [0.15, 0.2) is 0 Å². The average molecular weight is 553 g/mol. The fourth-order valence-electron chi connectivity index (χ4n) is 4.36. The van der Waals surface area contributed by atoms with Gasteiger partial charge in [-0.15, -0.1) is 11.3 Å². The normalized spacial score (nSPS) is 15.5. The Hall–Kier alpha value is -3.14. The van der Waals surface area contributed by atoms with Gasteiger partial charge in [0.25, 0.3) is 12.3 Å². The molecule has 4 rings (SSSR count). The van der Waals surface area contributed by atoms with E-state index in [2.05, 4.69) is 15.4 Å². The number of alkyl halides is 2. The molecule has 1 saturated heterocycles. The van der Waals surface area contributed by atoms with Gasteiger partial charge in [0.05, 0.1) is 39.8 Å². The third kappa shape index (κ3) is 6.06. The Morgan fingerprint density at radius 2 is 2.14 bits per heavy atom. The molecular formula is C24H24ClF3N6O2S. The molecule has 1 atom stereocenters. The minimum atomic E-state index is -2.76. The lowest BCUT2D eigenvalue weighted by atomic mass is 9.96. The monoisotopic (exact) mass is 552 g/mol. The number of carbonyl (C=O) groups excluding carboxylic acids is 1. The molecule has 13 heteroatoms. The van der Waals surface area contributed by atoms with Crippen LogP contribution in [-0.4, -0.2) is 51.8 Å². The number of thiazole rings is 1. The molecule has 1 amide bonds. The van der Waals surface area contributed by atoms with Crippen LogP contribution in [0, 0.1) is 23.1 Å². The molecule has 1 aromatic carbocycles. The Morgan fingerprint density at radius 1 is 1.38 bits per heavy atom. The van der Waals surface area contributed by atoms with E-state index in [1.54, 1.807) is 7.05 Å². The number of carbonyl (C=O) groups is 1. The quantitative estimate of drug-likeness (QED) is 0.412. The van der Waals surface area contributed by atoms with E-state index in [0.29, 0.717) is 48.9 Å². The number of nitriles is 1. The molecule has 1 unspecified atom stereocenters. The van der Waals surface area contributed by atoms with Crippen LogP contribution in [0.3, 0.4) is 0 Å². The number of hydrogen-bond donors (Lipinski definition) is 1. The molecule has 3 heterocycles. The number of hydrogen-bond acceptors (Lipinski definition) is 7. The van der Waals surface area contributed by atoms with E-state index >= 15 is 0 Å². The summed E-state index contributed by atoms with van der Waals surface area (Å²) in [5.74, 6) is -0.893. The Kier molecular flexibility index (Phi) is 8.68. The van der Waals surface area contributed by atoms with Crippen molar-refractivity contribution in [2.24, 2.45) is 13.0 Å². The van der Waals surface area contributed by atoms with Crippen LogP contribution >= 0.6 is 22.9 Å². The van der Waals surface area contributed by atoms with E-state index in [1.165, 1.54) is 28.5 Å². The summed E-state index contributed by atoms with van der Waals surface area (Å²) in [5.41, 5.74) is 1.11. The highest BCUT2D eigenvalue weighted by atomic mass is 35.5. The Labute approximate surface area is 220 Å².